The van der Waals surface area contributed by atoms with Crippen LogP contribution in [0.4, 0.5) is 0 Å². The van der Waals surface area contributed by atoms with Crippen LogP contribution < -0.4 is 0 Å². The fourth-order valence-electron chi connectivity index (χ4n) is 6.60. The first-order valence-electron chi connectivity index (χ1n) is 12.1. The summed E-state index contributed by atoms with van der Waals surface area (Å²) in [6.45, 7) is 4.93. The second kappa shape index (κ2) is 9.82. The van der Waals surface area contributed by atoms with Crippen molar-refractivity contribution >= 4 is 5.97 Å². The number of hydrogen-bond acceptors (Lipinski definition) is 10. The molecule has 10 heteroatoms. The van der Waals surface area contributed by atoms with Crippen LogP contribution >= 0.6 is 0 Å². The standard InChI is InChI=1S/C29H22N8O2/c1-4-39-22(38)7-20-5-6-21-18(2)8-26(10-30,11-31)29(16-36,17-37)25(21)23-19(3)9-27(12-32,13-33)28(14-34,15-35)24(20)23/h7,24-25H,4-6,8-9H2,1-3H3/b20-7+. The first-order valence-corrected chi connectivity index (χ1v) is 12.1. The average Bonchev–Trinajstić information content (AvgIpc) is 3.12. The highest BCUT2D eigenvalue weighted by Gasteiger charge is 2.70. The number of hydrogen-bond donors (Lipinski definition) is 0. The molecule has 0 bridgehead atoms. The van der Waals surface area contributed by atoms with E-state index >= 15 is 0 Å². The monoisotopic (exact) mass is 514 g/mol. The Morgan fingerprint density at radius 1 is 0.769 bits per heavy atom. The van der Waals surface area contributed by atoms with Gasteiger partial charge in [0, 0.05) is 30.8 Å². The molecule has 0 aromatic carbocycles. The number of nitriles is 8. The van der Waals surface area contributed by atoms with E-state index < -0.39 is 39.5 Å². The van der Waals surface area contributed by atoms with Gasteiger partial charge in [0.2, 0.25) is 0 Å². The number of allylic oxidation sites excluding steroid dienone is 5. The van der Waals surface area contributed by atoms with E-state index in [4.69, 9.17) is 4.74 Å². The van der Waals surface area contributed by atoms with Gasteiger partial charge in [-0.2, -0.15) is 42.1 Å². The zero-order valence-corrected chi connectivity index (χ0v) is 21.7. The van der Waals surface area contributed by atoms with Gasteiger partial charge in [-0.1, -0.05) is 27.9 Å². The smallest absolute Gasteiger partial charge is 0.330 e. The number of rotatable bonds is 2. The van der Waals surface area contributed by atoms with Gasteiger partial charge in [-0.15, -0.1) is 0 Å². The third-order valence-corrected chi connectivity index (χ3v) is 8.40. The number of carbonyl (C=O) groups excluding carboxylic acids is 1. The molecule has 0 aromatic heterocycles. The zero-order chi connectivity index (χ0) is 29.2. The summed E-state index contributed by atoms with van der Waals surface area (Å²) in [7, 11) is 0. The van der Waals surface area contributed by atoms with Gasteiger partial charge < -0.3 is 4.74 Å². The molecule has 3 aliphatic rings. The van der Waals surface area contributed by atoms with Crippen molar-refractivity contribution < 1.29 is 9.53 Å². The summed E-state index contributed by atoms with van der Waals surface area (Å²) < 4.78 is 5.09. The third kappa shape index (κ3) is 3.41. The maximum atomic E-state index is 12.7. The summed E-state index contributed by atoms with van der Waals surface area (Å²) in [5, 5.41) is 82.8. The molecule has 0 heterocycles. The van der Waals surface area contributed by atoms with Crippen LogP contribution in [-0.4, -0.2) is 12.6 Å². The van der Waals surface area contributed by atoms with Crippen LogP contribution in [0.2, 0.25) is 0 Å². The Bertz CT molecular complexity index is 1530. The van der Waals surface area contributed by atoms with Crippen molar-refractivity contribution in [3.05, 3.63) is 33.9 Å². The van der Waals surface area contributed by atoms with Crippen molar-refractivity contribution in [1.82, 2.24) is 0 Å². The molecule has 39 heavy (non-hydrogen) atoms. The first-order chi connectivity index (χ1) is 18.6. The Balaban J connectivity index is 2.63. The van der Waals surface area contributed by atoms with Gasteiger partial charge in [0.05, 0.1) is 55.2 Å². The lowest BCUT2D eigenvalue weighted by molar-refractivity contribution is -0.137. The van der Waals surface area contributed by atoms with Gasteiger partial charge in [0.25, 0.3) is 0 Å². The molecule has 190 valence electrons. The molecule has 0 amide bonds. The van der Waals surface area contributed by atoms with Crippen LogP contribution in [0.5, 0.6) is 0 Å². The molecule has 0 aliphatic heterocycles. The highest BCUT2D eigenvalue weighted by atomic mass is 16.5. The van der Waals surface area contributed by atoms with Gasteiger partial charge in [0.15, 0.2) is 21.7 Å². The maximum Gasteiger partial charge on any atom is 0.330 e. The lowest BCUT2D eigenvalue weighted by Gasteiger charge is -2.50. The van der Waals surface area contributed by atoms with Crippen molar-refractivity contribution in [2.75, 3.05) is 6.61 Å². The third-order valence-electron chi connectivity index (χ3n) is 8.40. The molecule has 0 N–H and O–H groups in total. The normalized spacial score (nSPS) is 26.1. The Hall–Kier alpha value is -5.39. The highest BCUT2D eigenvalue weighted by Crippen LogP contribution is 2.67. The Morgan fingerprint density at radius 3 is 1.67 bits per heavy atom. The van der Waals surface area contributed by atoms with Crippen LogP contribution in [0.1, 0.15) is 46.5 Å². The van der Waals surface area contributed by atoms with Gasteiger partial charge >= 0.3 is 5.97 Å². The van der Waals surface area contributed by atoms with E-state index in [0.29, 0.717) is 16.7 Å². The zero-order valence-electron chi connectivity index (χ0n) is 21.7. The fourth-order valence-corrected chi connectivity index (χ4v) is 6.60. The van der Waals surface area contributed by atoms with Gasteiger partial charge in [0.1, 0.15) is 0 Å². The molecule has 0 aromatic rings. The SMILES string of the molecule is CCOC(=O)/C=C1\CCC2=C(C)CC(C#N)(C#N)C(C#N)(C#N)C2C2=C(C)CC(C#N)(C#N)C(C#N)(C#N)C21. The first kappa shape index (κ1) is 28.2. The summed E-state index contributed by atoms with van der Waals surface area (Å²) in [6, 6.07) is 15.4. The lowest BCUT2D eigenvalue weighted by atomic mass is 9.45. The maximum absolute atomic E-state index is 12.7. The number of esters is 1. The van der Waals surface area contributed by atoms with Crippen LogP contribution in [0.25, 0.3) is 0 Å². The van der Waals surface area contributed by atoms with E-state index in [1.807, 2.05) is 48.6 Å². The van der Waals surface area contributed by atoms with E-state index in [-0.39, 0.29) is 43.4 Å². The predicted octanol–water partition coefficient (Wildman–Crippen LogP) is 4.08. The number of ether oxygens (including phenoxy) is 1. The minimum absolute atomic E-state index is 0.0443. The van der Waals surface area contributed by atoms with Crippen LogP contribution in [0.15, 0.2) is 33.9 Å². The second-order valence-electron chi connectivity index (χ2n) is 10.1. The summed E-state index contributed by atoms with van der Waals surface area (Å²) >= 11 is 0. The average molecular weight is 515 g/mol. The lowest BCUT2D eigenvalue weighted by Crippen LogP contribution is -2.54. The van der Waals surface area contributed by atoms with Gasteiger partial charge in [-0.3, -0.25) is 0 Å². The molecule has 0 saturated heterocycles. The molecule has 10 nitrogen and oxygen atoms in total. The van der Waals surface area contributed by atoms with Crippen molar-refractivity contribution in [3.8, 4) is 48.6 Å². The molecule has 2 unspecified atom stereocenters. The minimum Gasteiger partial charge on any atom is -0.463 e. The van der Waals surface area contributed by atoms with E-state index in [1.165, 1.54) is 0 Å². The second-order valence-corrected chi connectivity index (χ2v) is 10.1. The van der Waals surface area contributed by atoms with Crippen LogP contribution in [-0.2, 0) is 9.53 Å². The molecular formula is C29H22N8O2. The largest absolute Gasteiger partial charge is 0.463 e. The predicted molar refractivity (Wildman–Crippen MR) is 130 cm³/mol. The van der Waals surface area contributed by atoms with E-state index in [2.05, 4.69) is 0 Å². The van der Waals surface area contributed by atoms with Gasteiger partial charge in [-0.05, 0) is 33.6 Å². The molecule has 1 saturated carbocycles. The molecule has 0 spiro atoms. The number of carbonyl (C=O) groups is 1. The number of fused-ring (bicyclic) bond motifs is 3. The molecule has 3 aliphatic carbocycles. The Kier molecular flexibility index (Phi) is 7.10. The van der Waals surface area contributed by atoms with Gasteiger partial charge in [-0.25, -0.2) is 4.79 Å². The summed E-state index contributed by atoms with van der Waals surface area (Å²) in [5.74, 6) is -3.32. The fraction of sp³-hybridized carbons (Fsp3) is 0.483. The van der Waals surface area contributed by atoms with E-state index in [9.17, 15) is 46.9 Å². The van der Waals surface area contributed by atoms with Crippen LogP contribution in [0.3, 0.4) is 0 Å². The molecule has 0 radical (unpaired) electrons. The minimum atomic E-state index is -2.34. The van der Waals surface area contributed by atoms with E-state index in [1.54, 1.807) is 20.8 Å². The molecule has 3 rings (SSSR count). The molecular weight excluding hydrogens is 492 g/mol. The molecule has 2 atom stereocenters. The Labute approximate surface area is 226 Å². The number of nitrogens with zero attached hydrogens (tertiary/aromatic N) is 8. The van der Waals surface area contributed by atoms with Crippen molar-refractivity contribution in [2.45, 2.75) is 46.5 Å². The van der Waals surface area contributed by atoms with Crippen LogP contribution in [0, 0.1) is 124 Å². The van der Waals surface area contributed by atoms with Crippen molar-refractivity contribution in [3.63, 3.8) is 0 Å². The highest BCUT2D eigenvalue weighted by molar-refractivity contribution is 5.83. The summed E-state index contributed by atoms with van der Waals surface area (Å²) in [5.41, 5.74) is -6.77. The Morgan fingerprint density at radius 2 is 1.23 bits per heavy atom. The molecule has 1 fully saturated rings. The van der Waals surface area contributed by atoms with E-state index in [0.717, 1.165) is 6.08 Å². The quantitative estimate of drug-likeness (QED) is 0.292. The summed E-state index contributed by atoms with van der Waals surface area (Å²) in [4.78, 5) is 12.7. The topological polar surface area (TPSA) is 217 Å². The van der Waals surface area contributed by atoms with Crippen molar-refractivity contribution in [2.24, 2.45) is 33.5 Å². The summed E-state index contributed by atoms with van der Waals surface area (Å²) in [6.07, 6.45) is 0.905. The van der Waals surface area contributed by atoms with Crippen molar-refractivity contribution in [1.29, 1.82) is 42.1 Å².